The Kier molecular flexibility index (Phi) is 6.93. The first-order valence-corrected chi connectivity index (χ1v) is 9.98. The normalized spacial score (nSPS) is 16.6. The number of piperidine rings is 1. The first-order chi connectivity index (χ1) is 13.5. The highest BCUT2D eigenvalue weighted by Gasteiger charge is 2.27. The van der Waals surface area contributed by atoms with Crippen LogP contribution in [0.3, 0.4) is 0 Å². The third-order valence-corrected chi connectivity index (χ3v) is 5.31. The number of hydrogen-bond acceptors (Lipinski definition) is 3. The molecule has 28 heavy (non-hydrogen) atoms. The number of oxime groups is 1. The zero-order valence-corrected chi connectivity index (χ0v) is 16.8. The summed E-state index contributed by atoms with van der Waals surface area (Å²) in [6.45, 7) is 3.20. The van der Waals surface area contributed by atoms with Crippen molar-refractivity contribution in [3.05, 3.63) is 70.7 Å². The van der Waals surface area contributed by atoms with Crippen molar-refractivity contribution < 1.29 is 9.63 Å². The Hall–Kier alpha value is -2.53. The largest absolute Gasteiger partial charge is 0.381 e. The van der Waals surface area contributed by atoms with E-state index in [4.69, 9.17) is 22.2 Å². The van der Waals surface area contributed by atoms with Crippen LogP contribution in [0, 0.1) is 5.92 Å². The van der Waals surface area contributed by atoms with Gasteiger partial charge in [0.1, 0.15) is 0 Å². The van der Waals surface area contributed by atoms with E-state index in [0.29, 0.717) is 16.5 Å². The van der Waals surface area contributed by atoms with Crippen molar-refractivity contribution >= 4 is 23.3 Å². The number of nitrogens with zero attached hydrogens (tertiary/aromatic N) is 2. The molecule has 2 aromatic carbocycles. The number of carbonyl (C=O) groups excluding carboxylic acids is 1. The van der Waals surface area contributed by atoms with E-state index in [1.807, 2.05) is 11.0 Å². The van der Waals surface area contributed by atoms with Crippen molar-refractivity contribution in [2.24, 2.45) is 16.8 Å². The van der Waals surface area contributed by atoms with Gasteiger partial charge in [-0.05, 0) is 49.8 Å². The van der Waals surface area contributed by atoms with Crippen LogP contribution in [-0.2, 0) is 16.1 Å². The average Bonchev–Trinajstić information content (AvgIpc) is 2.72. The number of likely N-dealkylation sites (tertiary alicyclic amines) is 1. The Bertz CT molecular complexity index is 818. The minimum atomic E-state index is -0.677. The Morgan fingerprint density at radius 1 is 1.21 bits per heavy atom. The first kappa shape index (κ1) is 20.2. The van der Waals surface area contributed by atoms with Gasteiger partial charge in [-0.2, -0.15) is 0 Å². The Balaban J connectivity index is 1.48. The third-order valence-electron chi connectivity index (χ3n) is 5.07. The number of hydrogen-bond donors (Lipinski definition) is 1. The van der Waals surface area contributed by atoms with Crippen molar-refractivity contribution in [1.29, 1.82) is 0 Å². The van der Waals surface area contributed by atoms with Crippen LogP contribution >= 0.6 is 11.6 Å². The van der Waals surface area contributed by atoms with Crippen LogP contribution in [0.1, 0.15) is 30.9 Å². The van der Waals surface area contributed by atoms with E-state index in [9.17, 15) is 4.79 Å². The molecule has 1 unspecified atom stereocenters. The summed E-state index contributed by atoms with van der Waals surface area (Å²) in [7, 11) is 0. The molecule has 3 rings (SSSR count). The fraction of sp³-hybridized carbons (Fsp3) is 0.364. The second-order valence-electron chi connectivity index (χ2n) is 7.19. The van der Waals surface area contributed by atoms with Crippen molar-refractivity contribution in [3.8, 4) is 0 Å². The summed E-state index contributed by atoms with van der Waals surface area (Å²) in [5.41, 5.74) is 7.94. The number of amidine groups is 1. The van der Waals surface area contributed by atoms with E-state index in [2.05, 4.69) is 29.4 Å². The molecule has 0 aliphatic carbocycles. The van der Waals surface area contributed by atoms with E-state index in [1.165, 1.54) is 5.56 Å². The van der Waals surface area contributed by atoms with Crippen molar-refractivity contribution in [2.75, 3.05) is 13.1 Å². The SMILES string of the molecule is CC(O/N=C(/N)c1cccc(Cl)c1)C(=O)N1CCC(Cc2ccccc2)CC1. The predicted octanol–water partition coefficient (Wildman–Crippen LogP) is 3.85. The van der Waals surface area contributed by atoms with Gasteiger partial charge in [0, 0.05) is 23.7 Å². The van der Waals surface area contributed by atoms with Gasteiger partial charge in [0.2, 0.25) is 6.10 Å². The highest BCUT2D eigenvalue weighted by atomic mass is 35.5. The number of rotatable bonds is 6. The fourth-order valence-electron chi connectivity index (χ4n) is 3.44. The van der Waals surface area contributed by atoms with Gasteiger partial charge in [-0.15, -0.1) is 0 Å². The van der Waals surface area contributed by atoms with Crippen molar-refractivity contribution in [2.45, 2.75) is 32.3 Å². The zero-order valence-electron chi connectivity index (χ0n) is 16.1. The molecule has 0 saturated carbocycles. The summed E-state index contributed by atoms with van der Waals surface area (Å²) in [6.07, 6.45) is 2.39. The van der Waals surface area contributed by atoms with E-state index < -0.39 is 6.10 Å². The highest BCUT2D eigenvalue weighted by Crippen LogP contribution is 2.22. The lowest BCUT2D eigenvalue weighted by molar-refractivity contribution is -0.144. The van der Waals surface area contributed by atoms with Gasteiger partial charge in [-0.1, -0.05) is 59.2 Å². The fourth-order valence-corrected chi connectivity index (χ4v) is 3.63. The molecule has 1 heterocycles. The Morgan fingerprint density at radius 3 is 2.61 bits per heavy atom. The summed E-state index contributed by atoms with van der Waals surface area (Å²) in [5.74, 6) is 0.753. The monoisotopic (exact) mass is 399 g/mol. The van der Waals surface area contributed by atoms with E-state index in [-0.39, 0.29) is 11.7 Å². The summed E-state index contributed by atoms with van der Waals surface area (Å²) >= 11 is 5.95. The second-order valence-corrected chi connectivity index (χ2v) is 7.63. The summed E-state index contributed by atoms with van der Waals surface area (Å²) in [6, 6.07) is 17.5. The van der Waals surface area contributed by atoms with E-state index in [1.54, 1.807) is 31.2 Å². The van der Waals surface area contributed by atoms with Gasteiger partial charge in [0.15, 0.2) is 5.84 Å². The van der Waals surface area contributed by atoms with Crippen molar-refractivity contribution in [3.63, 3.8) is 0 Å². The van der Waals surface area contributed by atoms with Gasteiger partial charge in [0.05, 0.1) is 0 Å². The maximum absolute atomic E-state index is 12.6. The second kappa shape index (κ2) is 9.60. The Morgan fingerprint density at radius 2 is 1.93 bits per heavy atom. The molecule has 1 atom stereocenters. The number of amides is 1. The van der Waals surface area contributed by atoms with E-state index >= 15 is 0 Å². The third kappa shape index (κ3) is 5.49. The highest BCUT2D eigenvalue weighted by molar-refractivity contribution is 6.31. The molecule has 6 heteroatoms. The number of nitrogens with two attached hydrogens (primary N) is 1. The standard InChI is InChI=1S/C22H26ClN3O2/c1-16(28-25-21(24)19-8-5-9-20(23)15-19)22(27)26-12-10-18(11-13-26)14-17-6-3-2-4-7-17/h2-9,15-16,18H,10-14H2,1H3,(H2,24,25). The van der Waals surface area contributed by atoms with Gasteiger partial charge >= 0.3 is 0 Å². The number of halogens is 1. The maximum atomic E-state index is 12.6. The van der Waals surface area contributed by atoms with Gasteiger partial charge in [-0.25, -0.2) is 0 Å². The summed E-state index contributed by atoms with van der Waals surface area (Å²) in [5, 5.41) is 4.48. The van der Waals surface area contributed by atoms with Gasteiger partial charge in [0.25, 0.3) is 5.91 Å². The number of benzene rings is 2. The van der Waals surface area contributed by atoms with E-state index in [0.717, 1.165) is 32.4 Å². The first-order valence-electron chi connectivity index (χ1n) is 9.61. The molecule has 5 nitrogen and oxygen atoms in total. The van der Waals surface area contributed by atoms with Crippen LogP contribution in [0.2, 0.25) is 5.02 Å². The molecule has 2 N–H and O–H groups in total. The molecular weight excluding hydrogens is 374 g/mol. The zero-order chi connectivity index (χ0) is 19.9. The minimum Gasteiger partial charge on any atom is -0.381 e. The minimum absolute atomic E-state index is 0.0548. The lowest BCUT2D eigenvalue weighted by Gasteiger charge is -2.33. The van der Waals surface area contributed by atoms with Gasteiger partial charge in [-0.3, -0.25) is 4.79 Å². The predicted molar refractivity (Wildman–Crippen MR) is 112 cm³/mol. The molecule has 0 bridgehead atoms. The van der Waals surface area contributed by atoms with Crippen LogP contribution < -0.4 is 5.73 Å². The number of carbonyl (C=O) groups is 1. The van der Waals surface area contributed by atoms with Crippen LogP contribution in [0.15, 0.2) is 59.8 Å². The Labute approximate surface area is 171 Å². The lowest BCUT2D eigenvalue weighted by atomic mass is 9.90. The molecule has 148 valence electrons. The average molecular weight is 400 g/mol. The molecule has 0 spiro atoms. The smallest absolute Gasteiger partial charge is 0.266 e. The lowest BCUT2D eigenvalue weighted by Crippen LogP contribution is -2.43. The summed E-state index contributed by atoms with van der Waals surface area (Å²) < 4.78 is 0. The van der Waals surface area contributed by atoms with Crippen molar-refractivity contribution in [1.82, 2.24) is 4.90 Å². The molecule has 0 aromatic heterocycles. The van der Waals surface area contributed by atoms with Crippen LogP contribution in [0.4, 0.5) is 0 Å². The molecule has 1 amide bonds. The van der Waals surface area contributed by atoms with Gasteiger partial charge < -0.3 is 15.5 Å². The molecule has 2 aromatic rings. The molecule has 1 aliphatic heterocycles. The van der Waals surface area contributed by atoms with Crippen LogP contribution in [-0.4, -0.2) is 35.8 Å². The molecule has 1 fully saturated rings. The van der Waals surface area contributed by atoms with Crippen LogP contribution in [0.5, 0.6) is 0 Å². The maximum Gasteiger partial charge on any atom is 0.266 e. The molecule has 1 aliphatic rings. The molecule has 1 saturated heterocycles. The molecular formula is C22H26ClN3O2. The van der Waals surface area contributed by atoms with Crippen LogP contribution in [0.25, 0.3) is 0 Å². The topological polar surface area (TPSA) is 67.9 Å². The molecule has 0 radical (unpaired) electrons. The summed E-state index contributed by atoms with van der Waals surface area (Å²) in [4.78, 5) is 19.9. The quantitative estimate of drug-likeness (QED) is 0.455.